The second-order valence-electron chi connectivity index (χ2n) is 9.89. The number of rotatable bonds is 3. The Morgan fingerprint density at radius 3 is 3.00 bits per heavy atom. The van der Waals surface area contributed by atoms with Crippen molar-refractivity contribution in [3.05, 3.63) is 47.9 Å². The van der Waals surface area contributed by atoms with Gasteiger partial charge in [-0.05, 0) is 38.8 Å². The second kappa shape index (κ2) is 6.93. The van der Waals surface area contributed by atoms with E-state index in [4.69, 9.17) is 9.47 Å². The molecular formula is C24H27N5O3. The highest BCUT2D eigenvalue weighted by Crippen LogP contribution is 2.46. The summed E-state index contributed by atoms with van der Waals surface area (Å²) in [4.78, 5) is 20.0. The number of carbonyl (C=O) groups excluding carboxylic acids is 1. The third kappa shape index (κ3) is 3.21. The molecule has 0 radical (unpaired) electrons. The van der Waals surface area contributed by atoms with E-state index in [-0.39, 0.29) is 16.9 Å². The Hall–Kier alpha value is -3.13. The molecule has 0 aliphatic carbocycles. The summed E-state index contributed by atoms with van der Waals surface area (Å²) in [6.45, 7) is 7.70. The van der Waals surface area contributed by atoms with E-state index in [1.807, 2.05) is 0 Å². The molecule has 1 atom stereocenters. The summed E-state index contributed by atoms with van der Waals surface area (Å²) >= 11 is 0. The minimum atomic E-state index is -0.250. The molecule has 3 aromatic rings. The number of nitrogens with zero attached hydrogens (tertiary/aromatic N) is 4. The van der Waals surface area contributed by atoms with Crippen LogP contribution in [0.2, 0.25) is 0 Å². The summed E-state index contributed by atoms with van der Waals surface area (Å²) in [6, 6.07) is 5.97. The fourth-order valence-corrected chi connectivity index (χ4v) is 5.29. The van der Waals surface area contributed by atoms with Crippen LogP contribution in [0.15, 0.2) is 36.8 Å². The van der Waals surface area contributed by atoms with Crippen molar-refractivity contribution in [3.8, 4) is 5.75 Å². The lowest BCUT2D eigenvalue weighted by Crippen LogP contribution is -2.28. The normalized spacial score (nSPS) is 23.6. The standard InChI is InChI=1S/C24H27N5O3/c1-23(2)12-16-10-18(27-22(30)17-13-26-29-7-3-6-25-21(17)29)19(11-20(16)32-23)28-8-4-24(14-28)5-9-31-15-24/h3,6-7,10-11,13H,4-5,8-9,12,14-15H2,1-2H3,(H,27,30). The van der Waals surface area contributed by atoms with E-state index in [9.17, 15) is 4.79 Å². The average molecular weight is 434 g/mol. The van der Waals surface area contributed by atoms with Crippen LogP contribution in [0.3, 0.4) is 0 Å². The van der Waals surface area contributed by atoms with E-state index in [1.165, 1.54) is 0 Å². The molecule has 1 spiro atoms. The van der Waals surface area contributed by atoms with Crippen LogP contribution in [0.25, 0.3) is 5.65 Å². The highest BCUT2D eigenvalue weighted by Gasteiger charge is 2.42. The number of benzene rings is 1. The van der Waals surface area contributed by atoms with Crippen molar-refractivity contribution in [2.24, 2.45) is 5.41 Å². The summed E-state index contributed by atoms with van der Waals surface area (Å²) in [5.74, 6) is 0.695. The summed E-state index contributed by atoms with van der Waals surface area (Å²) in [6.07, 6.45) is 8.02. The number of amides is 1. The zero-order valence-corrected chi connectivity index (χ0v) is 18.4. The van der Waals surface area contributed by atoms with Crippen LogP contribution in [-0.4, -0.2) is 52.4 Å². The van der Waals surface area contributed by atoms with E-state index in [2.05, 4.69) is 46.3 Å². The molecule has 2 aromatic heterocycles. The number of ether oxygens (including phenoxy) is 2. The average Bonchev–Trinajstić information content (AvgIpc) is 3.53. The Labute approximate surface area is 186 Å². The molecule has 8 heteroatoms. The van der Waals surface area contributed by atoms with Gasteiger partial charge in [-0.2, -0.15) is 5.10 Å². The first-order valence-corrected chi connectivity index (χ1v) is 11.2. The zero-order valence-electron chi connectivity index (χ0n) is 18.4. The summed E-state index contributed by atoms with van der Waals surface area (Å²) < 4.78 is 13.5. The molecule has 3 aliphatic rings. The topological polar surface area (TPSA) is 81.0 Å². The third-order valence-corrected chi connectivity index (χ3v) is 6.92. The second-order valence-corrected chi connectivity index (χ2v) is 9.89. The predicted molar refractivity (Wildman–Crippen MR) is 120 cm³/mol. The Balaban J connectivity index is 1.36. The zero-order chi connectivity index (χ0) is 21.9. The van der Waals surface area contributed by atoms with Gasteiger partial charge in [0.2, 0.25) is 0 Å². The lowest BCUT2D eigenvalue weighted by molar-refractivity contribution is 0.102. The van der Waals surface area contributed by atoms with Crippen molar-refractivity contribution in [1.29, 1.82) is 0 Å². The molecule has 32 heavy (non-hydrogen) atoms. The van der Waals surface area contributed by atoms with E-state index in [0.717, 1.165) is 68.3 Å². The maximum absolute atomic E-state index is 13.3. The molecule has 1 unspecified atom stereocenters. The van der Waals surface area contributed by atoms with Gasteiger partial charge in [-0.25, -0.2) is 9.50 Å². The number of carbonyl (C=O) groups is 1. The first-order valence-electron chi connectivity index (χ1n) is 11.2. The highest BCUT2D eigenvalue weighted by atomic mass is 16.5. The van der Waals surface area contributed by atoms with Crippen LogP contribution in [0.5, 0.6) is 5.75 Å². The molecule has 1 aromatic carbocycles. The molecule has 166 valence electrons. The third-order valence-electron chi connectivity index (χ3n) is 6.92. The lowest BCUT2D eigenvalue weighted by atomic mass is 9.87. The Morgan fingerprint density at radius 2 is 2.16 bits per heavy atom. The van der Waals surface area contributed by atoms with E-state index in [0.29, 0.717) is 11.2 Å². The highest BCUT2D eigenvalue weighted by molar-refractivity contribution is 6.09. The van der Waals surface area contributed by atoms with Crippen LogP contribution < -0.4 is 15.0 Å². The molecule has 3 aliphatic heterocycles. The molecular weight excluding hydrogens is 406 g/mol. The number of aromatic nitrogens is 3. The van der Waals surface area contributed by atoms with E-state index >= 15 is 0 Å². The van der Waals surface area contributed by atoms with Gasteiger partial charge < -0.3 is 19.7 Å². The quantitative estimate of drug-likeness (QED) is 0.683. The lowest BCUT2D eigenvalue weighted by Gasteiger charge is -2.26. The molecule has 5 heterocycles. The van der Waals surface area contributed by atoms with Crippen LogP contribution in [0, 0.1) is 5.41 Å². The maximum Gasteiger partial charge on any atom is 0.261 e. The van der Waals surface area contributed by atoms with E-state index in [1.54, 1.807) is 29.2 Å². The molecule has 1 amide bonds. The van der Waals surface area contributed by atoms with Gasteiger partial charge in [0.25, 0.3) is 5.91 Å². The minimum Gasteiger partial charge on any atom is -0.487 e. The monoisotopic (exact) mass is 433 g/mol. The van der Waals surface area contributed by atoms with Crippen LogP contribution in [0.4, 0.5) is 11.4 Å². The molecule has 2 saturated heterocycles. The van der Waals surface area contributed by atoms with Gasteiger partial charge in [0, 0.05) is 55.6 Å². The van der Waals surface area contributed by atoms with Gasteiger partial charge in [-0.1, -0.05) is 0 Å². The summed E-state index contributed by atoms with van der Waals surface area (Å²) in [7, 11) is 0. The van der Waals surface area contributed by atoms with E-state index < -0.39 is 0 Å². The largest absolute Gasteiger partial charge is 0.487 e. The Bertz CT molecular complexity index is 1210. The fraction of sp³-hybridized carbons (Fsp3) is 0.458. The number of nitrogens with one attached hydrogen (secondary N) is 1. The Morgan fingerprint density at radius 1 is 1.25 bits per heavy atom. The number of anilines is 2. The van der Waals surface area contributed by atoms with Crippen molar-refractivity contribution in [2.75, 3.05) is 36.5 Å². The smallest absolute Gasteiger partial charge is 0.261 e. The van der Waals surface area contributed by atoms with Gasteiger partial charge >= 0.3 is 0 Å². The van der Waals surface area contributed by atoms with Crippen molar-refractivity contribution >= 4 is 22.9 Å². The molecule has 0 saturated carbocycles. The van der Waals surface area contributed by atoms with Gasteiger partial charge in [0.05, 0.1) is 24.2 Å². The number of hydrogen-bond acceptors (Lipinski definition) is 6. The first kappa shape index (κ1) is 19.5. The van der Waals surface area contributed by atoms with Crippen LogP contribution in [-0.2, 0) is 11.2 Å². The molecule has 2 fully saturated rings. The van der Waals surface area contributed by atoms with Gasteiger partial charge in [0.15, 0.2) is 5.65 Å². The predicted octanol–water partition coefficient (Wildman–Crippen LogP) is 3.31. The van der Waals surface area contributed by atoms with Crippen molar-refractivity contribution in [3.63, 3.8) is 0 Å². The molecule has 6 rings (SSSR count). The van der Waals surface area contributed by atoms with Gasteiger partial charge in [-0.3, -0.25) is 4.79 Å². The molecule has 8 nitrogen and oxygen atoms in total. The molecule has 1 N–H and O–H groups in total. The fourth-order valence-electron chi connectivity index (χ4n) is 5.29. The van der Waals surface area contributed by atoms with Crippen molar-refractivity contribution in [1.82, 2.24) is 14.6 Å². The summed E-state index contributed by atoms with van der Waals surface area (Å²) in [5.41, 5.74) is 3.89. The minimum absolute atomic E-state index is 0.212. The van der Waals surface area contributed by atoms with Gasteiger partial charge in [-0.15, -0.1) is 0 Å². The molecule has 0 bridgehead atoms. The first-order chi connectivity index (χ1) is 15.4. The Kier molecular flexibility index (Phi) is 4.24. The summed E-state index contributed by atoms with van der Waals surface area (Å²) in [5, 5.41) is 7.41. The van der Waals surface area contributed by atoms with Crippen LogP contribution in [0.1, 0.15) is 42.6 Å². The maximum atomic E-state index is 13.3. The SMILES string of the molecule is CC1(C)Cc2cc(NC(=O)c3cnn4cccnc34)c(N3CCC4(CCOC4)C3)cc2O1. The van der Waals surface area contributed by atoms with Crippen molar-refractivity contribution in [2.45, 2.75) is 38.7 Å². The van der Waals surface area contributed by atoms with Crippen molar-refractivity contribution < 1.29 is 14.3 Å². The number of hydrogen-bond donors (Lipinski definition) is 1. The van der Waals surface area contributed by atoms with Crippen LogP contribution >= 0.6 is 0 Å². The number of fused-ring (bicyclic) bond motifs is 2. The van der Waals surface area contributed by atoms with Gasteiger partial charge in [0.1, 0.15) is 16.9 Å².